The second-order valence-corrected chi connectivity index (χ2v) is 9.10. The molecule has 29 heavy (non-hydrogen) atoms. The zero-order valence-corrected chi connectivity index (χ0v) is 17.7. The van der Waals surface area contributed by atoms with E-state index < -0.39 is 10.0 Å². The summed E-state index contributed by atoms with van der Waals surface area (Å²) in [6.45, 7) is 2.97. The molecule has 156 valence electrons. The van der Waals surface area contributed by atoms with E-state index in [-0.39, 0.29) is 22.5 Å². The van der Waals surface area contributed by atoms with Gasteiger partial charge in [-0.2, -0.15) is 4.31 Å². The number of ether oxygens (including phenoxy) is 1. The molecule has 1 aliphatic rings. The van der Waals surface area contributed by atoms with Gasteiger partial charge < -0.3 is 10.1 Å². The summed E-state index contributed by atoms with van der Waals surface area (Å²) < 4.78 is 33.1. The Hall–Kier alpha value is -2.38. The van der Waals surface area contributed by atoms with Gasteiger partial charge in [0, 0.05) is 18.8 Å². The predicted octanol–water partition coefficient (Wildman–Crippen LogP) is 4.00. The van der Waals surface area contributed by atoms with Crippen LogP contribution in [0.3, 0.4) is 0 Å². The summed E-state index contributed by atoms with van der Waals surface area (Å²) in [6.07, 6.45) is 3.39. The Morgan fingerprint density at radius 3 is 2.41 bits per heavy atom. The zero-order chi connectivity index (χ0) is 20.9. The molecule has 0 bridgehead atoms. The maximum atomic E-state index is 13.1. The number of benzene rings is 2. The second-order valence-electron chi connectivity index (χ2n) is 7.19. The fourth-order valence-electron chi connectivity index (χ4n) is 3.69. The average molecular weight is 417 g/mol. The van der Waals surface area contributed by atoms with Crippen LogP contribution in [0.5, 0.6) is 5.75 Å². The van der Waals surface area contributed by atoms with Crippen LogP contribution in [0, 0.1) is 0 Å². The number of amides is 1. The number of sulfonamides is 1. The van der Waals surface area contributed by atoms with Gasteiger partial charge in [0.05, 0.1) is 13.0 Å². The van der Waals surface area contributed by atoms with Gasteiger partial charge in [0.1, 0.15) is 10.6 Å². The highest BCUT2D eigenvalue weighted by atomic mass is 32.2. The summed E-state index contributed by atoms with van der Waals surface area (Å²) in [5.41, 5.74) is 1.38. The molecule has 6 nitrogen and oxygen atoms in total. The lowest BCUT2D eigenvalue weighted by atomic mass is 9.95. The lowest BCUT2D eigenvalue weighted by Crippen LogP contribution is -2.35. The van der Waals surface area contributed by atoms with Gasteiger partial charge in [-0.05, 0) is 43.0 Å². The molecule has 1 atom stereocenters. The van der Waals surface area contributed by atoms with Gasteiger partial charge in [0.15, 0.2) is 0 Å². The third-order valence-corrected chi connectivity index (χ3v) is 7.21. The molecule has 0 radical (unpaired) electrons. The first kappa shape index (κ1) is 21.3. The summed E-state index contributed by atoms with van der Waals surface area (Å²) in [7, 11) is -2.23. The van der Waals surface area contributed by atoms with E-state index in [0.29, 0.717) is 25.2 Å². The van der Waals surface area contributed by atoms with E-state index in [1.807, 2.05) is 37.3 Å². The lowest BCUT2D eigenvalue weighted by molar-refractivity contribution is -0.117. The number of rotatable bonds is 7. The monoisotopic (exact) mass is 416 g/mol. The van der Waals surface area contributed by atoms with Crippen molar-refractivity contribution < 1.29 is 17.9 Å². The van der Waals surface area contributed by atoms with Gasteiger partial charge >= 0.3 is 0 Å². The zero-order valence-electron chi connectivity index (χ0n) is 16.9. The van der Waals surface area contributed by atoms with Crippen LogP contribution in [-0.2, 0) is 14.8 Å². The van der Waals surface area contributed by atoms with Crippen molar-refractivity contribution in [2.75, 3.05) is 25.5 Å². The second kappa shape index (κ2) is 9.41. The SMILES string of the molecule is CCC(C(=O)Nc1ccc(OC)c(S(=O)(=O)N2CCCCC2)c1)c1ccccc1. The van der Waals surface area contributed by atoms with E-state index in [1.54, 1.807) is 12.1 Å². The highest BCUT2D eigenvalue weighted by Crippen LogP contribution is 2.32. The maximum absolute atomic E-state index is 13.1. The van der Waals surface area contributed by atoms with Crippen LogP contribution in [-0.4, -0.2) is 38.8 Å². The molecule has 1 amide bonds. The highest BCUT2D eigenvalue weighted by Gasteiger charge is 2.29. The van der Waals surface area contributed by atoms with Crippen molar-refractivity contribution >= 4 is 21.6 Å². The first-order valence-corrected chi connectivity index (χ1v) is 11.5. The Labute approximate surface area is 172 Å². The Morgan fingerprint density at radius 1 is 1.10 bits per heavy atom. The van der Waals surface area contributed by atoms with E-state index in [4.69, 9.17) is 4.74 Å². The van der Waals surface area contributed by atoms with Crippen molar-refractivity contribution in [3.8, 4) is 5.75 Å². The van der Waals surface area contributed by atoms with Gasteiger partial charge in [0.2, 0.25) is 15.9 Å². The number of carbonyl (C=O) groups excluding carboxylic acids is 1. The van der Waals surface area contributed by atoms with Crippen molar-refractivity contribution in [2.24, 2.45) is 0 Å². The summed E-state index contributed by atoms with van der Waals surface area (Å²) in [5, 5.41) is 2.88. The van der Waals surface area contributed by atoms with Crippen molar-refractivity contribution in [2.45, 2.75) is 43.4 Å². The van der Waals surface area contributed by atoms with Crippen molar-refractivity contribution in [3.63, 3.8) is 0 Å². The molecule has 1 aliphatic heterocycles. The Balaban J connectivity index is 1.87. The molecule has 1 heterocycles. The molecule has 0 aliphatic carbocycles. The normalized spacial score (nSPS) is 16.2. The van der Waals surface area contributed by atoms with E-state index in [9.17, 15) is 13.2 Å². The maximum Gasteiger partial charge on any atom is 0.246 e. The summed E-state index contributed by atoms with van der Waals surface area (Å²) in [5.74, 6) is -0.186. The first-order valence-electron chi connectivity index (χ1n) is 10.0. The number of methoxy groups -OCH3 is 1. The molecule has 3 rings (SSSR count). The van der Waals surface area contributed by atoms with Gasteiger partial charge in [-0.3, -0.25) is 4.79 Å². The number of nitrogens with one attached hydrogen (secondary N) is 1. The van der Waals surface area contributed by atoms with E-state index in [1.165, 1.54) is 17.5 Å². The fourth-order valence-corrected chi connectivity index (χ4v) is 5.39. The number of carbonyl (C=O) groups is 1. The summed E-state index contributed by atoms with van der Waals surface area (Å²) >= 11 is 0. The minimum atomic E-state index is -3.68. The molecular weight excluding hydrogens is 388 g/mol. The lowest BCUT2D eigenvalue weighted by Gasteiger charge is -2.26. The topological polar surface area (TPSA) is 75.7 Å². The third-order valence-electron chi connectivity index (χ3n) is 5.29. The van der Waals surface area contributed by atoms with E-state index >= 15 is 0 Å². The van der Waals surface area contributed by atoms with Crippen LogP contribution in [0.2, 0.25) is 0 Å². The fraction of sp³-hybridized carbons (Fsp3) is 0.409. The predicted molar refractivity (Wildman–Crippen MR) is 114 cm³/mol. The molecule has 1 unspecified atom stereocenters. The number of hydrogen-bond acceptors (Lipinski definition) is 4. The molecule has 0 spiro atoms. The smallest absolute Gasteiger partial charge is 0.246 e. The van der Waals surface area contributed by atoms with Gasteiger partial charge in [-0.1, -0.05) is 43.7 Å². The molecular formula is C22H28N2O4S. The van der Waals surface area contributed by atoms with Crippen LogP contribution in [0.1, 0.15) is 44.1 Å². The number of piperidine rings is 1. The highest BCUT2D eigenvalue weighted by molar-refractivity contribution is 7.89. The summed E-state index contributed by atoms with van der Waals surface area (Å²) in [4.78, 5) is 12.9. The molecule has 2 aromatic rings. The molecule has 1 saturated heterocycles. The van der Waals surface area contributed by atoms with Crippen LogP contribution in [0.25, 0.3) is 0 Å². The van der Waals surface area contributed by atoms with E-state index in [2.05, 4.69) is 5.32 Å². The van der Waals surface area contributed by atoms with Crippen LogP contribution < -0.4 is 10.1 Å². The quantitative estimate of drug-likeness (QED) is 0.740. The third kappa shape index (κ3) is 4.79. The Morgan fingerprint density at radius 2 is 1.79 bits per heavy atom. The molecule has 2 aromatic carbocycles. The van der Waals surface area contributed by atoms with Crippen molar-refractivity contribution in [1.29, 1.82) is 0 Å². The molecule has 1 fully saturated rings. The Kier molecular flexibility index (Phi) is 6.92. The molecule has 0 saturated carbocycles. The number of hydrogen-bond donors (Lipinski definition) is 1. The molecule has 7 heteroatoms. The number of nitrogens with zero attached hydrogens (tertiary/aromatic N) is 1. The molecule has 0 aromatic heterocycles. The molecule has 1 N–H and O–H groups in total. The van der Waals surface area contributed by atoms with Crippen LogP contribution >= 0.6 is 0 Å². The van der Waals surface area contributed by atoms with Crippen LogP contribution in [0.15, 0.2) is 53.4 Å². The van der Waals surface area contributed by atoms with Crippen molar-refractivity contribution in [1.82, 2.24) is 4.31 Å². The largest absolute Gasteiger partial charge is 0.495 e. The number of anilines is 1. The summed E-state index contributed by atoms with van der Waals surface area (Å²) in [6, 6.07) is 14.3. The van der Waals surface area contributed by atoms with Crippen molar-refractivity contribution in [3.05, 3.63) is 54.1 Å². The minimum Gasteiger partial charge on any atom is -0.495 e. The first-order chi connectivity index (χ1) is 14.0. The Bertz CT molecular complexity index is 939. The van der Waals surface area contributed by atoms with Gasteiger partial charge in [-0.25, -0.2) is 8.42 Å². The van der Waals surface area contributed by atoms with Crippen LogP contribution in [0.4, 0.5) is 5.69 Å². The van der Waals surface area contributed by atoms with Gasteiger partial charge in [0.25, 0.3) is 0 Å². The standard InChI is InChI=1S/C22H28N2O4S/c1-3-19(17-10-6-4-7-11-17)22(25)23-18-12-13-20(28-2)21(16-18)29(26,27)24-14-8-5-9-15-24/h4,6-7,10-13,16,19H,3,5,8-9,14-15H2,1-2H3,(H,23,25). The minimum absolute atomic E-state index is 0.0902. The van der Waals surface area contributed by atoms with E-state index in [0.717, 1.165) is 24.8 Å². The van der Waals surface area contributed by atoms with Gasteiger partial charge in [-0.15, -0.1) is 0 Å². The average Bonchev–Trinajstić information content (AvgIpc) is 2.75.